The average Bonchev–Trinajstić information content (AvgIpc) is 4.06. The van der Waals surface area contributed by atoms with E-state index in [9.17, 15) is 43.2 Å². The predicted molar refractivity (Wildman–Crippen MR) is 318 cm³/mol. The number of methoxy groups -OCH3 is 1. The molecule has 1 aromatic carbocycles. The maximum absolute atomic E-state index is 14.6. The molecule has 7 amide bonds. The number of ether oxygens (including phenoxy) is 4. The summed E-state index contributed by atoms with van der Waals surface area (Å²) in [7, 11) is 6.75. The topological polar surface area (TPSA) is 282 Å². The number of alkyl carbamates (subject to hydrolysis) is 1. The van der Waals surface area contributed by atoms with E-state index in [1.165, 1.54) is 31.0 Å². The molecule has 0 saturated carbocycles. The number of thiazole rings is 1. The van der Waals surface area contributed by atoms with E-state index in [0.29, 0.717) is 83.5 Å². The van der Waals surface area contributed by atoms with Gasteiger partial charge in [-0.2, -0.15) is 11.8 Å². The van der Waals surface area contributed by atoms with Crippen LogP contribution in [0.4, 0.5) is 4.79 Å². The zero-order chi connectivity index (χ0) is 61.7. The second-order valence-electron chi connectivity index (χ2n) is 22.0. The smallest absolute Gasteiger partial charge is 0.408 e. The van der Waals surface area contributed by atoms with Crippen LogP contribution in [-0.2, 0) is 58.9 Å². The van der Waals surface area contributed by atoms with Crippen LogP contribution in [0, 0.1) is 18.8 Å². The van der Waals surface area contributed by atoms with Crippen LogP contribution in [0.15, 0.2) is 29.6 Å². The lowest BCUT2D eigenvalue weighted by Crippen LogP contribution is -2.60. The fourth-order valence-corrected chi connectivity index (χ4v) is 9.71. The van der Waals surface area contributed by atoms with Crippen LogP contribution >= 0.6 is 23.1 Å². The third-order valence-electron chi connectivity index (χ3n) is 14.5. The summed E-state index contributed by atoms with van der Waals surface area (Å²) in [5.74, 6) is -3.09. The SMILES string of the molecule is CCC(C)[C@H](NC(=O)C(C)(C)N(C)C)C(=O)N(C)[C@H](C[C@@H](OC(=O)NC(C)C(=O)NC(C)C(=O)NC(CCCCNC(=O)CSC)C(=O)CCCOCCOC)c1nc(C(=O)N[C@@H](Cc2ccc(C)cc2)CC(C)OC=O)cs1)C(C)C. The number of unbranched alkanes of at least 4 members (excludes halogenated alkanes) is 1. The molecule has 6 N–H and O–H groups in total. The number of hydrogen-bond donors (Lipinski definition) is 6. The lowest BCUT2D eigenvalue weighted by Gasteiger charge is -2.38. The van der Waals surface area contributed by atoms with Crippen molar-refractivity contribution in [3.05, 3.63) is 51.5 Å². The Hall–Kier alpha value is -5.69. The van der Waals surface area contributed by atoms with Crippen LogP contribution in [0.25, 0.3) is 0 Å². The highest BCUT2D eigenvalue weighted by molar-refractivity contribution is 7.99. The first-order chi connectivity index (χ1) is 38.7. The Bertz CT molecular complexity index is 2340. The Labute approximate surface area is 494 Å². The van der Waals surface area contributed by atoms with Gasteiger partial charge in [0.25, 0.3) is 12.4 Å². The predicted octanol–water partition coefficient (Wildman–Crippen LogP) is 5.30. The van der Waals surface area contributed by atoms with Crippen LogP contribution in [0.5, 0.6) is 0 Å². The van der Waals surface area contributed by atoms with E-state index in [4.69, 9.17) is 18.9 Å². The Balaban J connectivity index is 2.44. The summed E-state index contributed by atoms with van der Waals surface area (Å²) >= 11 is 2.46. The lowest BCUT2D eigenvalue weighted by atomic mass is 9.92. The second kappa shape index (κ2) is 37.5. The number of nitrogens with one attached hydrogen (secondary N) is 6. The molecule has 22 nitrogen and oxygen atoms in total. The number of carbonyl (C=O) groups is 9. The van der Waals surface area contributed by atoms with Crippen LogP contribution in [0.3, 0.4) is 0 Å². The third kappa shape index (κ3) is 25.4. The number of benzene rings is 1. The average molecular weight is 1190 g/mol. The number of amides is 7. The van der Waals surface area contributed by atoms with Gasteiger partial charge in [-0.15, -0.1) is 11.3 Å². The van der Waals surface area contributed by atoms with E-state index in [1.807, 2.05) is 65.1 Å². The van der Waals surface area contributed by atoms with Gasteiger partial charge < -0.3 is 55.7 Å². The maximum Gasteiger partial charge on any atom is 0.408 e. The van der Waals surface area contributed by atoms with Crippen LogP contribution in [0.2, 0.25) is 0 Å². The number of hydrogen-bond acceptors (Lipinski definition) is 17. The van der Waals surface area contributed by atoms with Crippen LogP contribution in [0.1, 0.15) is 146 Å². The van der Waals surface area contributed by atoms with Gasteiger partial charge in [0.15, 0.2) is 11.9 Å². The van der Waals surface area contributed by atoms with Crippen molar-refractivity contribution in [1.82, 2.24) is 46.7 Å². The van der Waals surface area contributed by atoms with Crippen molar-refractivity contribution in [2.24, 2.45) is 11.8 Å². The monoisotopic (exact) mass is 1190 g/mol. The molecule has 24 heteroatoms. The summed E-state index contributed by atoms with van der Waals surface area (Å²) in [6, 6.07) is 2.55. The standard InChI is InChI=1S/C58H95N9O13S2/c1-16-38(5)50(65-56(75)58(9,10)66(11)12)55(74)67(13)46(36(2)3)32-48(54-64-45(33-82-54)53(73)62-43(30-39(6)79-35-68)31-42-24-22-37(4)23-25-42)80-57(76)61-41(8)51(71)60-40(7)52(72)63-44(20-17-18-26-59-49(70)34-81-15)47(69)21-19-27-78-29-28-77-14/h22-25,33,35-36,38-41,43-44,46,48,50H,16-21,26-32,34H2,1-15H3,(H,59,70)(H,60,71)(H,61,76)(H,62,73)(H,63,72)(H,65,75)/t38?,39?,40?,41?,43-,44?,46-,48-,50+/m1/s1. The van der Waals surface area contributed by atoms with Crippen molar-refractivity contribution in [3.8, 4) is 0 Å². The number of thioether (sulfide) groups is 1. The first-order valence-electron chi connectivity index (χ1n) is 28.3. The van der Waals surface area contributed by atoms with Gasteiger partial charge in [-0.3, -0.25) is 43.3 Å². The number of nitrogens with zero attached hydrogens (tertiary/aromatic N) is 3. The molecule has 2 rings (SSSR count). The van der Waals surface area contributed by atoms with Crippen molar-refractivity contribution >= 4 is 76.9 Å². The van der Waals surface area contributed by atoms with E-state index in [2.05, 4.69) is 36.9 Å². The van der Waals surface area contributed by atoms with Crippen molar-refractivity contribution in [2.75, 3.05) is 66.6 Å². The zero-order valence-electron chi connectivity index (χ0n) is 51.1. The molecule has 0 aliphatic rings. The number of likely N-dealkylation sites (N-methyl/N-ethyl adjacent to an activating group) is 2. The summed E-state index contributed by atoms with van der Waals surface area (Å²) in [6.45, 7) is 19.6. The van der Waals surface area contributed by atoms with E-state index in [0.717, 1.165) is 22.5 Å². The molecule has 82 heavy (non-hydrogen) atoms. The van der Waals surface area contributed by atoms with Gasteiger partial charge in [0, 0.05) is 64.0 Å². The molecule has 0 spiro atoms. The highest BCUT2D eigenvalue weighted by atomic mass is 32.2. The highest BCUT2D eigenvalue weighted by Gasteiger charge is 2.39. The molecule has 1 heterocycles. The molecule has 1 aromatic heterocycles. The zero-order valence-corrected chi connectivity index (χ0v) is 52.7. The first-order valence-corrected chi connectivity index (χ1v) is 30.6. The molecule has 0 saturated heterocycles. The molecule has 0 aliphatic carbocycles. The Morgan fingerprint density at radius 1 is 0.829 bits per heavy atom. The van der Waals surface area contributed by atoms with Gasteiger partial charge in [0.1, 0.15) is 34.9 Å². The fraction of sp³-hybridized carbons (Fsp3) is 0.690. The summed E-state index contributed by atoms with van der Waals surface area (Å²) in [5, 5.41) is 18.6. The van der Waals surface area contributed by atoms with Crippen molar-refractivity contribution in [3.63, 3.8) is 0 Å². The van der Waals surface area contributed by atoms with Crippen LogP contribution < -0.4 is 31.9 Å². The fourth-order valence-electron chi connectivity index (χ4n) is 8.51. The van der Waals surface area contributed by atoms with E-state index in [1.54, 1.807) is 58.8 Å². The number of aryl methyl sites for hydroxylation is 1. The van der Waals surface area contributed by atoms with Gasteiger partial charge in [0.05, 0.1) is 30.5 Å². The van der Waals surface area contributed by atoms with Gasteiger partial charge in [-0.1, -0.05) is 63.9 Å². The Morgan fingerprint density at radius 3 is 2.10 bits per heavy atom. The molecule has 5 unspecified atom stereocenters. The molecular weight excluding hydrogens is 1090 g/mol. The quantitative estimate of drug-likeness (QED) is 0.0365. The van der Waals surface area contributed by atoms with Crippen molar-refractivity contribution in [1.29, 1.82) is 0 Å². The van der Waals surface area contributed by atoms with Gasteiger partial charge in [-0.25, -0.2) is 9.78 Å². The molecule has 0 radical (unpaired) electrons. The molecule has 2 aromatic rings. The summed E-state index contributed by atoms with van der Waals surface area (Å²) in [6.07, 6.45) is 2.29. The summed E-state index contributed by atoms with van der Waals surface area (Å²) in [5.41, 5.74) is 1.09. The largest absolute Gasteiger partial charge is 0.465 e. The number of Topliss-reactive ketones (excluding diaryl/α,β-unsaturated/α-hetero) is 1. The van der Waals surface area contributed by atoms with E-state index >= 15 is 0 Å². The normalized spacial score (nSPS) is 14.8. The number of carbonyl (C=O) groups excluding carboxylic acids is 9. The van der Waals surface area contributed by atoms with Gasteiger partial charge in [-0.05, 0) is 111 Å². The molecular formula is C58H95N9O13S2. The second-order valence-corrected chi connectivity index (χ2v) is 23.8. The van der Waals surface area contributed by atoms with Crippen molar-refractivity contribution in [2.45, 2.75) is 181 Å². The third-order valence-corrected chi connectivity index (χ3v) is 16.0. The number of rotatable bonds is 40. The molecule has 0 bridgehead atoms. The minimum absolute atomic E-state index is 0.0198. The molecule has 0 fully saturated rings. The Kier molecular flexibility index (Phi) is 33.1. The summed E-state index contributed by atoms with van der Waals surface area (Å²) in [4.78, 5) is 128. The minimum atomic E-state index is -1.26. The first kappa shape index (κ1) is 72.4. The van der Waals surface area contributed by atoms with Gasteiger partial charge in [0.2, 0.25) is 29.5 Å². The molecule has 9 atom stereocenters. The van der Waals surface area contributed by atoms with E-state index in [-0.39, 0.29) is 58.9 Å². The number of ketones is 1. The molecule has 462 valence electrons. The lowest BCUT2D eigenvalue weighted by molar-refractivity contribution is -0.142. The van der Waals surface area contributed by atoms with E-state index < -0.39 is 77.8 Å². The molecule has 0 aliphatic heterocycles. The maximum atomic E-state index is 14.6. The van der Waals surface area contributed by atoms with Crippen LogP contribution in [-0.4, -0.2) is 183 Å². The minimum Gasteiger partial charge on any atom is -0.465 e. The van der Waals surface area contributed by atoms with Crippen molar-refractivity contribution < 1.29 is 62.1 Å². The highest BCUT2D eigenvalue weighted by Crippen LogP contribution is 2.31. The Morgan fingerprint density at radius 2 is 1.49 bits per heavy atom. The number of aromatic nitrogens is 1. The summed E-state index contributed by atoms with van der Waals surface area (Å²) < 4.78 is 21.8. The van der Waals surface area contributed by atoms with Gasteiger partial charge >= 0.3 is 6.09 Å².